The first-order chi connectivity index (χ1) is 17.7. The number of pyridine rings is 2. The molecule has 1 unspecified atom stereocenters. The van der Waals surface area contributed by atoms with E-state index in [4.69, 9.17) is 0 Å². The minimum absolute atomic E-state index is 0.0210. The molecule has 2 aliphatic rings. The molecule has 196 valence electrons. The highest BCUT2D eigenvalue weighted by atomic mass is 16.2. The lowest BCUT2D eigenvalue weighted by molar-refractivity contribution is -0.122. The first-order valence-electron chi connectivity index (χ1n) is 13.7. The second kappa shape index (κ2) is 14.4. The van der Waals surface area contributed by atoms with E-state index in [2.05, 4.69) is 36.6 Å². The lowest BCUT2D eigenvalue weighted by Crippen LogP contribution is -2.42. The molecule has 0 bridgehead atoms. The number of hydrogen-bond acceptors (Lipinski definition) is 7. The van der Waals surface area contributed by atoms with Gasteiger partial charge in [-0.3, -0.25) is 14.8 Å². The summed E-state index contributed by atoms with van der Waals surface area (Å²) in [4.78, 5) is 21.5. The van der Waals surface area contributed by atoms with Crippen molar-refractivity contribution in [2.75, 3.05) is 26.2 Å². The Morgan fingerprint density at radius 3 is 2.86 bits per heavy atom. The Bertz CT molecular complexity index is 933. The third-order valence-electron chi connectivity index (χ3n) is 7.43. The van der Waals surface area contributed by atoms with Gasteiger partial charge in [-0.1, -0.05) is 25.3 Å². The lowest BCUT2D eigenvalue weighted by atomic mass is 9.90. The van der Waals surface area contributed by atoms with Crippen LogP contribution >= 0.6 is 0 Å². The third-order valence-corrected chi connectivity index (χ3v) is 7.43. The smallest absolute Gasteiger partial charge is 0.237 e. The summed E-state index contributed by atoms with van der Waals surface area (Å²) in [6, 6.07) is 6.22. The van der Waals surface area contributed by atoms with Crippen LogP contribution in [0.15, 0.2) is 36.8 Å². The molecule has 36 heavy (non-hydrogen) atoms. The minimum Gasteiger partial charge on any atom is -0.351 e. The number of rotatable bonds is 13. The van der Waals surface area contributed by atoms with E-state index in [0.717, 1.165) is 56.4 Å². The van der Waals surface area contributed by atoms with Crippen molar-refractivity contribution in [1.82, 2.24) is 36.6 Å². The number of aromatic nitrogens is 2. The van der Waals surface area contributed by atoms with Gasteiger partial charge in [0.05, 0.1) is 11.7 Å². The molecule has 1 aliphatic heterocycles. The Morgan fingerprint density at radius 2 is 2.03 bits per heavy atom. The van der Waals surface area contributed by atoms with Gasteiger partial charge in [-0.15, -0.1) is 0 Å². The first kappa shape index (κ1) is 26.7. The first-order valence-corrected chi connectivity index (χ1v) is 13.7. The van der Waals surface area contributed by atoms with Crippen molar-refractivity contribution in [2.45, 2.75) is 83.1 Å². The second-order valence-corrected chi connectivity index (χ2v) is 10.2. The molecular formula is C28H43N7O. The molecule has 5 N–H and O–H groups in total. The van der Waals surface area contributed by atoms with Crippen molar-refractivity contribution in [3.8, 4) is 0 Å². The van der Waals surface area contributed by atoms with Crippen molar-refractivity contribution in [1.29, 1.82) is 0 Å². The average Bonchev–Trinajstić information content (AvgIpc) is 2.93. The van der Waals surface area contributed by atoms with Crippen LogP contribution in [0.5, 0.6) is 0 Å². The Labute approximate surface area is 215 Å². The molecule has 2 aromatic heterocycles. The van der Waals surface area contributed by atoms with Crippen LogP contribution in [0.25, 0.3) is 0 Å². The van der Waals surface area contributed by atoms with E-state index < -0.39 is 0 Å². The Kier molecular flexibility index (Phi) is 10.6. The number of hydrogen-bond donors (Lipinski definition) is 5. The number of fused-ring (bicyclic) bond motifs is 1. The molecule has 0 saturated heterocycles. The Hall–Kier alpha value is -2.39. The predicted octanol–water partition coefficient (Wildman–Crippen LogP) is 2.36. The van der Waals surface area contributed by atoms with Crippen molar-refractivity contribution in [3.05, 3.63) is 59.2 Å². The molecule has 2 aromatic rings. The van der Waals surface area contributed by atoms with Gasteiger partial charge in [-0.05, 0) is 68.1 Å². The number of nitrogens with zero attached hydrogens (tertiary/aromatic N) is 2. The fraction of sp³-hybridized carbons (Fsp3) is 0.607. The van der Waals surface area contributed by atoms with Crippen LogP contribution < -0.4 is 26.6 Å². The molecule has 3 heterocycles. The van der Waals surface area contributed by atoms with E-state index >= 15 is 0 Å². The molecule has 1 aliphatic carbocycles. The zero-order valence-electron chi connectivity index (χ0n) is 21.7. The SMILES string of the molecule is C[C@H](NCc1ccccn1)C(=O)NCc1cncc2c1CNCC2CNCCCNC1CCCCC1. The zero-order valence-corrected chi connectivity index (χ0v) is 21.7. The molecule has 2 atom stereocenters. The van der Waals surface area contributed by atoms with Gasteiger partial charge in [0.1, 0.15) is 0 Å². The van der Waals surface area contributed by atoms with Gasteiger partial charge in [0, 0.05) is 63.3 Å². The van der Waals surface area contributed by atoms with Crippen LogP contribution in [0, 0.1) is 0 Å². The van der Waals surface area contributed by atoms with E-state index in [1.165, 1.54) is 43.2 Å². The van der Waals surface area contributed by atoms with Gasteiger partial charge in [-0.25, -0.2) is 0 Å². The van der Waals surface area contributed by atoms with E-state index in [9.17, 15) is 4.79 Å². The van der Waals surface area contributed by atoms with Gasteiger partial charge in [0.2, 0.25) is 5.91 Å². The predicted molar refractivity (Wildman–Crippen MR) is 143 cm³/mol. The molecule has 8 heteroatoms. The Morgan fingerprint density at radius 1 is 1.14 bits per heavy atom. The molecule has 1 amide bonds. The largest absolute Gasteiger partial charge is 0.351 e. The second-order valence-electron chi connectivity index (χ2n) is 10.2. The third kappa shape index (κ3) is 8.06. The summed E-state index contributed by atoms with van der Waals surface area (Å²) in [6.45, 7) is 7.76. The van der Waals surface area contributed by atoms with E-state index in [0.29, 0.717) is 19.0 Å². The number of nitrogens with one attached hydrogen (secondary N) is 5. The van der Waals surface area contributed by atoms with Gasteiger partial charge in [0.25, 0.3) is 0 Å². The van der Waals surface area contributed by atoms with Crippen molar-refractivity contribution >= 4 is 5.91 Å². The number of carbonyl (C=O) groups is 1. The lowest BCUT2D eigenvalue weighted by Gasteiger charge is -2.28. The van der Waals surface area contributed by atoms with Crippen LogP contribution in [0.2, 0.25) is 0 Å². The summed E-state index contributed by atoms with van der Waals surface area (Å²) in [5.41, 5.74) is 4.59. The molecule has 4 rings (SSSR count). The summed E-state index contributed by atoms with van der Waals surface area (Å²) in [6.07, 6.45) is 13.7. The summed E-state index contributed by atoms with van der Waals surface area (Å²) < 4.78 is 0. The van der Waals surface area contributed by atoms with Crippen molar-refractivity contribution < 1.29 is 4.79 Å². The monoisotopic (exact) mass is 493 g/mol. The fourth-order valence-corrected chi connectivity index (χ4v) is 5.22. The highest BCUT2D eigenvalue weighted by Gasteiger charge is 2.23. The molecule has 1 saturated carbocycles. The summed E-state index contributed by atoms with van der Waals surface area (Å²) in [5, 5.41) is 17.3. The van der Waals surface area contributed by atoms with E-state index in [1.807, 2.05) is 37.5 Å². The summed E-state index contributed by atoms with van der Waals surface area (Å²) in [5.74, 6) is 0.370. The van der Waals surface area contributed by atoms with Crippen molar-refractivity contribution in [2.24, 2.45) is 0 Å². The maximum atomic E-state index is 12.7. The number of carbonyl (C=O) groups excluding carboxylic acids is 1. The van der Waals surface area contributed by atoms with Gasteiger partial charge in [-0.2, -0.15) is 0 Å². The molecule has 1 fully saturated rings. The van der Waals surface area contributed by atoms with Crippen LogP contribution in [0.1, 0.15) is 73.8 Å². The maximum Gasteiger partial charge on any atom is 0.237 e. The molecule has 8 nitrogen and oxygen atoms in total. The quantitative estimate of drug-likeness (QED) is 0.273. The van der Waals surface area contributed by atoms with Crippen LogP contribution in [-0.4, -0.2) is 54.1 Å². The number of amides is 1. The molecule has 0 radical (unpaired) electrons. The Balaban J connectivity index is 1.20. The zero-order chi connectivity index (χ0) is 25.0. The standard InChI is InChI=1S/C28H43N7O/c1-21(34-18-25-10-5-6-12-33-25)28(36)35-17-23-16-31-19-26-22(15-30-20-27(23)26)14-29-11-7-13-32-24-8-3-2-4-9-24/h5-6,10,12,16,19,21-22,24,29-30,32,34H,2-4,7-9,11,13-15,17-18,20H2,1H3,(H,35,36)/t21-,22?/m0/s1. The van der Waals surface area contributed by atoms with Crippen LogP contribution in [0.4, 0.5) is 0 Å². The summed E-state index contributed by atoms with van der Waals surface area (Å²) >= 11 is 0. The molecule has 0 aromatic carbocycles. The minimum atomic E-state index is -0.304. The summed E-state index contributed by atoms with van der Waals surface area (Å²) in [7, 11) is 0. The normalized spacial score (nSPS) is 19.0. The highest BCUT2D eigenvalue weighted by Crippen LogP contribution is 2.25. The van der Waals surface area contributed by atoms with E-state index in [-0.39, 0.29) is 11.9 Å². The fourth-order valence-electron chi connectivity index (χ4n) is 5.22. The van der Waals surface area contributed by atoms with Crippen molar-refractivity contribution in [3.63, 3.8) is 0 Å². The maximum absolute atomic E-state index is 12.7. The highest BCUT2D eigenvalue weighted by molar-refractivity contribution is 5.81. The van der Waals surface area contributed by atoms with Crippen LogP contribution in [-0.2, 0) is 24.4 Å². The van der Waals surface area contributed by atoms with E-state index in [1.54, 1.807) is 6.20 Å². The van der Waals surface area contributed by atoms with Crippen LogP contribution in [0.3, 0.4) is 0 Å². The molecular weight excluding hydrogens is 450 g/mol. The van der Waals surface area contributed by atoms with Gasteiger partial charge < -0.3 is 26.6 Å². The topological polar surface area (TPSA) is 103 Å². The molecule has 0 spiro atoms. The average molecular weight is 494 g/mol. The van der Waals surface area contributed by atoms with Gasteiger partial charge in [0.15, 0.2) is 0 Å². The van der Waals surface area contributed by atoms with Gasteiger partial charge >= 0.3 is 0 Å².